The zero-order valence-corrected chi connectivity index (χ0v) is 67.3. The molecule has 0 fully saturated rings. The van der Waals surface area contributed by atoms with Gasteiger partial charge in [0, 0.05) is 27.6 Å². The van der Waals surface area contributed by atoms with Crippen molar-refractivity contribution in [2.45, 2.75) is 0 Å². The molecule has 0 atom stereocenters. The van der Waals surface area contributed by atoms with E-state index < -0.39 is 0 Å². The van der Waals surface area contributed by atoms with Crippen LogP contribution in [-0.2, 0) is 0 Å². The van der Waals surface area contributed by atoms with Gasteiger partial charge in [-0.1, -0.05) is 400 Å². The summed E-state index contributed by atoms with van der Waals surface area (Å²) in [5.74, 6) is -0.0462. The van der Waals surface area contributed by atoms with Crippen molar-refractivity contribution in [2.24, 2.45) is 0 Å². The second kappa shape index (κ2) is 30.3. The van der Waals surface area contributed by atoms with Gasteiger partial charge in [-0.15, -0.1) is 0 Å². The molecule has 1 aromatic heterocycles. The maximum atomic E-state index is 15.6. The van der Waals surface area contributed by atoms with E-state index >= 15 is 4.79 Å². The SMILES string of the molecule is O=C(c1cccc(-c2cccc(-c3c(-c4ccccc4)c(-c4ccc(-n5c6ccc(-c7ccccc7)cc6c6cc(-c7ccccc7)ccc65)cc4)c(-c4ccccc4)c4c5cccc6c7c(-c8ccccc8)c(-c8ccccc8)c(-c8ccccc8)c(-c8ccccc8)c7c7cccc(c34)c7c65)c2)c1)c1cc(-c2ccccc2)cc(-c2ccccc2)c1. The van der Waals surface area contributed by atoms with Crippen LogP contribution in [0.25, 0.3) is 226 Å². The average molecular weight is 1560 g/mol. The van der Waals surface area contributed by atoms with Crippen LogP contribution in [0.5, 0.6) is 0 Å². The van der Waals surface area contributed by atoms with Crippen molar-refractivity contribution in [3.05, 3.63) is 478 Å². The molecule has 0 saturated heterocycles. The van der Waals surface area contributed by atoms with Crippen LogP contribution in [0.3, 0.4) is 0 Å². The fourth-order valence-electron chi connectivity index (χ4n) is 19.9. The molecule has 23 aromatic rings. The van der Waals surface area contributed by atoms with Crippen molar-refractivity contribution in [1.29, 1.82) is 0 Å². The summed E-state index contributed by atoms with van der Waals surface area (Å²) in [5, 5.41) is 14.2. The van der Waals surface area contributed by atoms with Gasteiger partial charge in [0.25, 0.3) is 0 Å². The highest BCUT2D eigenvalue weighted by molar-refractivity contribution is 6.47. The molecule has 0 saturated carbocycles. The van der Waals surface area contributed by atoms with Crippen molar-refractivity contribution >= 4 is 81.5 Å². The minimum atomic E-state index is -0.0462. The molecule has 22 aromatic carbocycles. The molecule has 23 rings (SSSR count). The highest BCUT2D eigenvalue weighted by atomic mass is 16.1. The fourth-order valence-corrected chi connectivity index (χ4v) is 19.9. The summed E-state index contributed by atoms with van der Waals surface area (Å²) in [5.41, 5.74) is 33.3. The molecule has 0 bridgehead atoms. The molecule has 0 aliphatic heterocycles. The molecular formula is C121H77NO. The largest absolute Gasteiger partial charge is 0.309 e. The Bertz CT molecular complexity index is 7860. The maximum absolute atomic E-state index is 15.6. The normalized spacial score (nSPS) is 11.6. The number of aromatic nitrogens is 1. The third-order valence-electron chi connectivity index (χ3n) is 25.2. The van der Waals surface area contributed by atoms with E-state index in [1.165, 1.54) is 87.6 Å². The maximum Gasteiger partial charge on any atom is 0.193 e. The quantitative estimate of drug-likeness (QED) is 0.0537. The summed E-state index contributed by atoms with van der Waals surface area (Å²) in [6.45, 7) is 0. The third kappa shape index (κ3) is 12.4. The van der Waals surface area contributed by atoms with Gasteiger partial charge in [0.1, 0.15) is 0 Å². The molecule has 0 aliphatic rings. The van der Waals surface area contributed by atoms with Gasteiger partial charge in [0.15, 0.2) is 5.78 Å². The van der Waals surface area contributed by atoms with E-state index in [1.54, 1.807) is 0 Å². The van der Waals surface area contributed by atoms with Crippen LogP contribution in [-0.4, -0.2) is 10.4 Å². The smallest absolute Gasteiger partial charge is 0.193 e. The number of fused-ring (bicyclic) bond motifs is 9. The van der Waals surface area contributed by atoms with Crippen LogP contribution in [0, 0.1) is 0 Å². The molecule has 0 unspecified atom stereocenters. The predicted molar refractivity (Wildman–Crippen MR) is 520 cm³/mol. The molecular weight excluding hydrogens is 1480 g/mol. The lowest BCUT2D eigenvalue weighted by Gasteiger charge is -2.29. The molecule has 0 spiro atoms. The monoisotopic (exact) mass is 1560 g/mol. The van der Waals surface area contributed by atoms with Crippen LogP contribution in [0.4, 0.5) is 0 Å². The van der Waals surface area contributed by atoms with Crippen molar-refractivity contribution in [2.75, 3.05) is 0 Å². The first kappa shape index (κ1) is 72.1. The lowest BCUT2D eigenvalue weighted by molar-refractivity contribution is 0.103. The molecule has 2 nitrogen and oxygen atoms in total. The van der Waals surface area contributed by atoms with E-state index in [9.17, 15) is 0 Å². The molecule has 1 heterocycles. The Labute approximate surface area is 714 Å². The van der Waals surface area contributed by atoms with Crippen LogP contribution < -0.4 is 0 Å². The number of rotatable bonds is 16. The summed E-state index contributed by atoms with van der Waals surface area (Å²) in [6.07, 6.45) is 0. The first-order valence-electron chi connectivity index (χ1n) is 42.4. The summed E-state index contributed by atoms with van der Waals surface area (Å²) >= 11 is 0. The van der Waals surface area contributed by atoms with Crippen molar-refractivity contribution in [3.63, 3.8) is 0 Å². The number of nitrogens with zero attached hydrogens (tertiary/aromatic N) is 1. The highest BCUT2D eigenvalue weighted by Gasteiger charge is 2.33. The summed E-state index contributed by atoms with van der Waals surface area (Å²) in [7, 11) is 0. The van der Waals surface area contributed by atoms with E-state index in [2.05, 4.69) is 447 Å². The average Bonchev–Trinajstić information content (AvgIpc) is 1.38. The van der Waals surface area contributed by atoms with Crippen molar-refractivity contribution < 1.29 is 4.79 Å². The Morgan fingerprint density at radius 3 is 0.732 bits per heavy atom. The van der Waals surface area contributed by atoms with Crippen LogP contribution in [0.2, 0.25) is 0 Å². The van der Waals surface area contributed by atoms with E-state index in [0.29, 0.717) is 11.1 Å². The van der Waals surface area contributed by atoms with Crippen LogP contribution in [0.15, 0.2) is 467 Å². The van der Waals surface area contributed by atoms with Gasteiger partial charge in [0.2, 0.25) is 0 Å². The van der Waals surface area contributed by atoms with E-state index in [-0.39, 0.29) is 5.78 Å². The standard InChI is InChI=1S/C121H77NO/c123-121(97-74-95(80-39-15-3-16-40-80)73-96(75-97)81-41-17-4-18-42-81)94-58-32-56-90(72-94)89-55-31-57-93(71-89)114-109(84-47-23-7-24-48-84)110(88-63-67-98(68-64-88)122-105-69-65-91(78-35-11-1-12-36-78)76-103(105)104-77-92(66-70-106(104)122)79-37-13-2-14-38-79)113(87-53-29-10-30-54-87)119-101-61-33-59-99-115(101)116-100(60-34-62-102(116)120(114)119)118-112(86-51-27-9-28-52-86)108(83-45-21-6-22-46-83)107(82-43-19-5-20-44-82)111(117(99)118)85-49-25-8-26-50-85/h1-77H. The number of hydrogen-bond donors (Lipinski definition) is 0. The Morgan fingerprint density at radius 2 is 0.382 bits per heavy atom. The van der Waals surface area contributed by atoms with Gasteiger partial charge in [-0.05, 0) is 265 Å². The minimum absolute atomic E-state index is 0.0462. The number of hydrogen-bond acceptors (Lipinski definition) is 1. The van der Waals surface area contributed by atoms with Crippen molar-refractivity contribution in [1.82, 2.24) is 4.57 Å². The predicted octanol–water partition coefficient (Wildman–Crippen LogP) is 32.9. The van der Waals surface area contributed by atoms with Gasteiger partial charge in [-0.3, -0.25) is 4.79 Å². The first-order valence-corrected chi connectivity index (χ1v) is 42.4. The van der Waals surface area contributed by atoms with Gasteiger partial charge >= 0.3 is 0 Å². The Balaban J connectivity index is 0.844. The van der Waals surface area contributed by atoms with Crippen LogP contribution >= 0.6 is 0 Å². The number of carbonyl (C=O) groups excluding carboxylic acids is 1. The van der Waals surface area contributed by atoms with E-state index in [1.807, 2.05) is 24.3 Å². The first-order chi connectivity index (χ1) is 61.0. The van der Waals surface area contributed by atoms with E-state index in [4.69, 9.17) is 0 Å². The highest BCUT2D eigenvalue weighted by Crippen LogP contribution is 2.61. The molecule has 0 radical (unpaired) electrons. The summed E-state index contributed by atoms with van der Waals surface area (Å²) in [4.78, 5) is 15.6. The molecule has 2 heteroatoms. The van der Waals surface area contributed by atoms with E-state index in [0.717, 1.165) is 138 Å². The van der Waals surface area contributed by atoms with Crippen LogP contribution in [0.1, 0.15) is 15.9 Å². The molecule has 0 amide bonds. The topological polar surface area (TPSA) is 22.0 Å². The zero-order chi connectivity index (χ0) is 81.4. The molecule has 0 aliphatic carbocycles. The number of carbonyl (C=O) groups is 1. The minimum Gasteiger partial charge on any atom is -0.309 e. The van der Waals surface area contributed by atoms with Gasteiger partial charge in [-0.2, -0.15) is 0 Å². The lowest BCUT2D eigenvalue weighted by Crippen LogP contribution is -2.03. The summed E-state index contributed by atoms with van der Waals surface area (Å²) < 4.78 is 2.46. The zero-order valence-electron chi connectivity index (χ0n) is 67.3. The Kier molecular flexibility index (Phi) is 17.8. The van der Waals surface area contributed by atoms with Gasteiger partial charge in [0.05, 0.1) is 11.0 Å². The van der Waals surface area contributed by atoms with Crippen molar-refractivity contribution in [3.8, 4) is 150 Å². The molecule has 0 N–H and O–H groups in total. The third-order valence-corrected chi connectivity index (χ3v) is 25.2. The lowest BCUT2D eigenvalue weighted by atomic mass is 9.73. The van der Waals surface area contributed by atoms with Gasteiger partial charge < -0.3 is 4.57 Å². The number of ketones is 1. The fraction of sp³-hybridized carbons (Fsp3) is 0. The second-order valence-corrected chi connectivity index (χ2v) is 32.3. The summed E-state index contributed by atoms with van der Waals surface area (Å²) in [6, 6.07) is 171. The molecule has 572 valence electrons. The van der Waals surface area contributed by atoms with Gasteiger partial charge in [-0.25, -0.2) is 0 Å². The number of benzene rings is 22. The Morgan fingerprint density at radius 1 is 0.146 bits per heavy atom. The second-order valence-electron chi connectivity index (χ2n) is 32.3. The molecule has 123 heavy (non-hydrogen) atoms. The Hall–Kier alpha value is -16.1.